The quantitative estimate of drug-likeness (QED) is 0.680. The summed E-state index contributed by atoms with van der Waals surface area (Å²) in [5.41, 5.74) is 1.97. The van der Waals surface area contributed by atoms with E-state index in [1.54, 1.807) is 18.3 Å². The number of hydrogen-bond acceptors (Lipinski definition) is 2. The average Bonchev–Trinajstić information content (AvgIpc) is 2.68. The third kappa shape index (κ3) is 1.75. The average molecular weight is 202 g/mol. The first-order valence-electron chi connectivity index (χ1n) is 4.42. The molecule has 0 aliphatic carbocycles. The minimum absolute atomic E-state index is 0.128. The summed E-state index contributed by atoms with van der Waals surface area (Å²) in [6.07, 6.45) is 0. The van der Waals surface area contributed by atoms with Crippen molar-refractivity contribution in [3.63, 3.8) is 0 Å². The molecule has 0 bridgehead atoms. The van der Waals surface area contributed by atoms with E-state index in [2.05, 4.69) is 12.1 Å². The van der Waals surface area contributed by atoms with E-state index < -0.39 is 0 Å². The SMILES string of the molecule is CC(=O)c1csc(-c2ccccc2)c1. The van der Waals surface area contributed by atoms with E-state index in [9.17, 15) is 4.79 Å². The number of carbonyl (C=O) groups is 1. The van der Waals surface area contributed by atoms with Crippen molar-refractivity contribution in [1.29, 1.82) is 0 Å². The predicted octanol–water partition coefficient (Wildman–Crippen LogP) is 3.62. The van der Waals surface area contributed by atoms with Gasteiger partial charge in [0.1, 0.15) is 0 Å². The summed E-state index contributed by atoms with van der Waals surface area (Å²) in [6, 6.07) is 12.0. The van der Waals surface area contributed by atoms with Gasteiger partial charge in [-0.2, -0.15) is 0 Å². The highest BCUT2D eigenvalue weighted by Gasteiger charge is 2.04. The Balaban J connectivity index is 2.39. The fourth-order valence-corrected chi connectivity index (χ4v) is 2.23. The summed E-state index contributed by atoms with van der Waals surface area (Å²) in [5, 5.41) is 1.91. The molecule has 0 saturated carbocycles. The van der Waals surface area contributed by atoms with Crippen LogP contribution in [-0.2, 0) is 0 Å². The predicted molar refractivity (Wildman–Crippen MR) is 59.8 cm³/mol. The zero-order valence-corrected chi connectivity index (χ0v) is 8.67. The molecule has 0 aliphatic rings. The fourth-order valence-electron chi connectivity index (χ4n) is 1.27. The molecule has 0 saturated heterocycles. The summed E-state index contributed by atoms with van der Waals surface area (Å²) in [5.74, 6) is 0.128. The maximum Gasteiger partial charge on any atom is 0.160 e. The normalized spacial score (nSPS) is 10.1. The highest BCUT2D eigenvalue weighted by Crippen LogP contribution is 2.26. The molecule has 0 aliphatic heterocycles. The smallest absolute Gasteiger partial charge is 0.160 e. The molecule has 1 aromatic carbocycles. The number of benzene rings is 1. The van der Waals surface area contributed by atoms with Gasteiger partial charge in [0.05, 0.1) is 0 Å². The van der Waals surface area contributed by atoms with E-state index in [-0.39, 0.29) is 5.78 Å². The molecule has 2 rings (SSSR count). The summed E-state index contributed by atoms with van der Waals surface area (Å²) in [4.78, 5) is 12.2. The van der Waals surface area contributed by atoms with Crippen LogP contribution in [0, 0.1) is 0 Å². The maximum atomic E-state index is 11.1. The molecule has 0 amide bonds. The monoisotopic (exact) mass is 202 g/mol. The fraction of sp³-hybridized carbons (Fsp3) is 0.0833. The van der Waals surface area contributed by atoms with Crippen LogP contribution in [0.1, 0.15) is 17.3 Å². The summed E-state index contributed by atoms with van der Waals surface area (Å²) >= 11 is 1.61. The molecular formula is C12H10OS. The van der Waals surface area contributed by atoms with Crippen molar-refractivity contribution in [3.05, 3.63) is 47.3 Å². The van der Waals surface area contributed by atoms with E-state index in [1.807, 2.05) is 29.6 Å². The van der Waals surface area contributed by atoms with Gasteiger partial charge in [0, 0.05) is 15.8 Å². The third-order valence-electron chi connectivity index (χ3n) is 2.06. The van der Waals surface area contributed by atoms with E-state index in [0.29, 0.717) is 0 Å². The zero-order valence-electron chi connectivity index (χ0n) is 7.86. The van der Waals surface area contributed by atoms with Crippen molar-refractivity contribution in [3.8, 4) is 10.4 Å². The minimum Gasteiger partial charge on any atom is -0.294 e. The van der Waals surface area contributed by atoms with Gasteiger partial charge in [0.15, 0.2) is 5.78 Å². The van der Waals surface area contributed by atoms with Gasteiger partial charge in [-0.15, -0.1) is 11.3 Å². The van der Waals surface area contributed by atoms with E-state index in [0.717, 1.165) is 10.4 Å². The lowest BCUT2D eigenvalue weighted by Gasteiger charge is -1.93. The Labute approximate surface area is 87.0 Å². The van der Waals surface area contributed by atoms with Gasteiger partial charge in [0.2, 0.25) is 0 Å². The number of hydrogen-bond donors (Lipinski definition) is 0. The van der Waals surface area contributed by atoms with Gasteiger partial charge in [-0.3, -0.25) is 4.79 Å². The van der Waals surface area contributed by atoms with Gasteiger partial charge in [0.25, 0.3) is 0 Å². The lowest BCUT2D eigenvalue weighted by Crippen LogP contribution is -1.85. The molecule has 0 atom stereocenters. The Bertz CT molecular complexity index is 442. The van der Waals surface area contributed by atoms with Crippen LogP contribution in [0.2, 0.25) is 0 Å². The molecule has 0 N–H and O–H groups in total. The molecule has 1 aromatic heterocycles. The molecule has 0 fully saturated rings. The largest absolute Gasteiger partial charge is 0.294 e. The van der Waals surface area contributed by atoms with Crippen molar-refractivity contribution in [1.82, 2.24) is 0 Å². The second kappa shape index (κ2) is 3.76. The van der Waals surface area contributed by atoms with Gasteiger partial charge >= 0.3 is 0 Å². The molecule has 14 heavy (non-hydrogen) atoms. The lowest BCUT2D eigenvalue weighted by atomic mass is 10.1. The molecule has 1 heterocycles. The maximum absolute atomic E-state index is 11.1. The Morgan fingerprint density at radius 1 is 1.21 bits per heavy atom. The van der Waals surface area contributed by atoms with Gasteiger partial charge < -0.3 is 0 Å². The van der Waals surface area contributed by atoms with Crippen LogP contribution in [0.15, 0.2) is 41.8 Å². The number of rotatable bonds is 2. The Hall–Kier alpha value is -1.41. The first kappa shape index (κ1) is 9.16. The third-order valence-corrected chi connectivity index (χ3v) is 3.04. The van der Waals surface area contributed by atoms with E-state index in [1.165, 1.54) is 5.56 Å². The molecule has 0 unspecified atom stereocenters. The van der Waals surface area contributed by atoms with Crippen LogP contribution in [0.25, 0.3) is 10.4 Å². The van der Waals surface area contributed by atoms with Crippen molar-refractivity contribution in [2.75, 3.05) is 0 Å². The molecule has 0 radical (unpaired) electrons. The summed E-state index contributed by atoms with van der Waals surface area (Å²) in [6.45, 7) is 1.59. The van der Waals surface area contributed by atoms with Crippen molar-refractivity contribution in [2.45, 2.75) is 6.92 Å². The molecule has 0 spiro atoms. The van der Waals surface area contributed by atoms with Crippen LogP contribution >= 0.6 is 11.3 Å². The molecule has 2 aromatic rings. The Kier molecular flexibility index (Phi) is 2.46. The van der Waals surface area contributed by atoms with Crippen LogP contribution < -0.4 is 0 Å². The zero-order chi connectivity index (χ0) is 9.97. The minimum atomic E-state index is 0.128. The number of Topliss-reactive ketones (excluding diaryl/α,β-unsaturated/α-hetero) is 1. The highest BCUT2D eigenvalue weighted by molar-refractivity contribution is 7.13. The van der Waals surface area contributed by atoms with Crippen LogP contribution in [0.3, 0.4) is 0 Å². The number of thiophene rings is 1. The van der Waals surface area contributed by atoms with Crippen molar-refractivity contribution in [2.24, 2.45) is 0 Å². The van der Waals surface area contributed by atoms with Crippen LogP contribution in [-0.4, -0.2) is 5.78 Å². The second-order valence-electron chi connectivity index (χ2n) is 3.12. The highest BCUT2D eigenvalue weighted by atomic mass is 32.1. The Morgan fingerprint density at radius 3 is 2.50 bits per heavy atom. The Morgan fingerprint density at radius 2 is 1.93 bits per heavy atom. The van der Waals surface area contributed by atoms with Gasteiger partial charge in [-0.05, 0) is 18.6 Å². The van der Waals surface area contributed by atoms with Crippen molar-refractivity contribution >= 4 is 17.1 Å². The standard InChI is InChI=1S/C12H10OS/c1-9(13)11-7-12(14-8-11)10-5-3-2-4-6-10/h2-8H,1H3. The van der Waals surface area contributed by atoms with E-state index >= 15 is 0 Å². The molecule has 1 nitrogen and oxygen atoms in total. The van der Waals surface area contributed by atoms with E-state index in [4.69, 9.17) is 0 Å². The lowest BCUT2D eigenvalue weighted by molar-refractivity contribution is 0.101. The van der Waals surface area contributed by atoms with Gasteiger partial charge in [-0.25, -0.2) is 0 Å². The van der Waals surface area contributed by atoms with Gasteiger partial charge in [-0.1, -0.05) is 30.3 Å². The topological polar surface area (TPSA) is 17.1 Å². The molecular weight excluding hydrogens is 192 g/mol. The number of carbonyl (C=O) groups excluding carboxylic acids is 1. The first-order chi connectivity index (χ1) is 6.77. The molecule has 2 heteroatoms. The van der Waals surface area contributed by atoms with Crippen molar-refractivity contribution < 1.29 is 4.79 Å². The second-order valence-corrected chi connectivity index (χ2v) is 4.03. The first-order valence-corrected chi connectivity index (χ1v) is 5.30. The van der Waals surface area contributed by atoms with Crippen LogP contribution in [0.5, 0.6) is 0 Å². The summed E-state index contributed by atoms with van der Waals surface area (Å²) in [7, 11) is 0. The molecule has 70 valence electrons. The number of ketones is 1. The van der Waals surface area contributed by atoms with Crippen LogP contribution in [0.4, 0.5) is 0 Å². The summed E-state index contributed by atoms with van der Waals surface area (Å²) < 4.78 is 0.